The molecule has 2 aliphatic rings. The maximum Gasteiger partial charge on any atom is 0.292 e. The number of hydrogen-bond donors (Lipinski definition) is 3. The third-order valence-electron chi connectivity index (χ3n) is 5.16. The maximum absolute atomic E-state index is 12.5. The summed E-state index contributed by atoms with van der Waals surface area (Å²) in [5.74, 6) is 0.543. The molecule has 1 aromatic carbocycles. The SMILES string of the molecule is Nc1ccc(C(=O)NC2C3CCCC2CC(N)C3)cc1[N+](=O)[O-]. The lowest BCUT2D eigenvalue weighted by atomic mass is 9.67. The zero-order valence-electron chi connectivity index (χ0n) is 12.9. The van der Waals surface area contributed by atoms with Crippen molar-refractivity contribution in [3.8, 4) is 0 Å². The second kappa shape index (κ2) is 6.16. The van der Waals surface area contributed by atoms with Crippen LogP contribution in [0.25, 0.3) is 0 Å². The average Bonchev–Trinajstić information content (AvgIpc) is 2.48. The van der Waals surface area contributed by atoms with E-state index in [1.54, 1.807) is 0 Å². The van der Waals surface area contributed by atoms with Crippen LogP contribution in [0.3, 0.4) is 0 Å². The molecule has 2 aliphatic carbocycles. The zero-order chi connectivity index (χ0) is 16.6. The average molecular weight is 318 g/mol. The molecule has 23 heavy (non-hydrogen) atoms. The van der Waals surface area contributed by atoms with Gasteiger partial charge in [-0.25, -0.2) is 0 Å². The highest BCUT2D eigenvalue weighted by Crippen LogP contribution is 2.39. The minimum atomic E-state index is -0.569. The molecule has 1 aromatic rings. The number of hydrogen-bond acceptors (Lipinski definition) is 5. The van der Waals surface area contributed by atoms with Crippen LogP contribution < -0.4 is 16.8 Å². The second-order valence-corrected chi connectivity index (χ2v) is 6.71. The van der Waals surface area contributed by atoms with Gasteiger partial charge in [0.05, 0.1) is 4.92 Å². The van der Waals surface area contributed by atoms with Crippen molar-refractivity contribution in [2.24, 2.45) is 17.6 Å². The number of nitro groups is 1. The Bertz CT molecular complexity index is 620. The molecule has 3 rings (SSSR count). The fourth-order valence-corrected chi connectivity index (χ4v) is 4.10. The number of benzene rings is 1. The predicted molar refractivity (Wildman–Crippen MR) is 86.8 cm³/mol. The number of fused-ring (bicyclic) bond motifs is 2. The van der Waals surface area contributed by atoms with Crippen molar-refractivity contribution in [1.29, 1.82) is 0 Å². The zero-order valence-corrected chi connectivity index (χ0v) is 12.9. The fourth-order valence-electron chi connectivity index (χ4n) is 4.10. The molecule has 2 saturated carbocycles. The van der Waals surface area contributed by atoms with Gasteiger partial charge < -0.3 is 16.8 Å². The first kappa shape index (κ1) is 15.7. The number of amides is 1. The van der Waals surface area contributed by atoms with E-state index in [0.29, 0.717) is 11.8 Å². The van der Waals surface area contributed by atoms with Crippen LogP contribution in [0.1, 0.15) is 42.5 Å². The number of carbonyl (C=O) groups excluding carboxylic acids is 1. The molecule has 7 nitrogen and oxygen atoms in total. The lowest BCUT2D eigenvalue weighted by Crippen LogP contribution is -2.53. The second-order valence-electron chi connectivity index (χ2n) is 6.71. The van der Waals surface area contributed by atoms with Crippen LogP contribution in [-0.2, 0) is 0 Å². The van der Waals surface area contributed by atoms with Gasteiger partial charge in [-0.15, -0.1) is 0 Å². The molecular formula is C16H22N4O3. The molecule has 7 heteroatoms. The van der Waals surface area contributed by atoms with Gasteiger partial charge in [0.2, 0.25) is 0 Å². The van der Waals surface area contributed by atoms with Crippen LogP contribution >= 0.6 is 0 Å². The topological polar surface area (TPSA) is 124 Å². The largest absolute Gasteiger partial charge is 0.393 e. The minimum absolute atomic E-state index is 0.0621. The van der Waals surface area contributed by atoms with Gasteiger partial charge in [0.25, 0.3) is 11.6 Å². The number of rotatable bonds is 3. The van der Waals surface area contributed by atoms with E-state index in [0.717, 1.165) is 25.7 Å². The van der Waals surface area contributed by atoms with E-state index in [1.807, 2.05) is 0 Å². The summed E-state index contributed by atoms with van der Waals surface area (Å²) in [4.78, 5) is 22.9. The molecule has 0 radical (unpaired) electrons. The Kier molecular flexibility index (Phi) is 4.21. The number of nitrogens with two attached hydrogens (primary N) is 2. The maximum atomic E-state index is 12.5. The first-order chi connectivity index (χ1) is 11.0. The van der Waals surface area contributed by atoms with Crippen molar-refractivity contribution >= 4 is 17.3 Å². The molecule has 2 bridgehead atoms. The van der Waals surface area contributed by atoms with Crippen molar-refractivity contribution in [1.82, 2.24) is 5.32 Å². The minimum Gasteiger partial charge on any atom is -0.393 e. The van der Waals surface area contributed by atoms with Gasteiger partial charge in [-0.3, -0.25) is 14.9 Å². The molecule has 2 unspecified atom stereocenters. The van der Waals surface area contributed by atoms with E-state index in [1.165, 1.54) is 24.6 Å². The Balaban J connectivity index is 1.77. The summed E-state index contributed by atoms with van der Waals surface area (Å²) in [6.45, 7) is 0. The van der Waals surface area contributed by atoms with Crippen molar-refractivity contribution in [3.63, 3.8) is 0 Å². The smallest absolute Gasteiger partial charge is 0.292 e. The first-order valence-corrected chi connectivity index (χ1v) is 8.06. The van der Waals surface area contributed by atoms with Crippen molar-refractivity contribution in [3.05, 3.63) is 33.9 Å². The summed E-state index contributed by atoms with van der Waals surface area (Å²) >= 11 is 0. The quantitative estimate of drug-likeness (QED) is 0.445. The molecule has 0 aliphatic heterocycles. The molecule has 0 spiro atoms. The van der Waals surface area contributed by atoms with Gasteiger partial charge in [-0.05, 0) is 49.7 Å². The van der Waals surface area contributed by atoms with Gasteiger partial charge in [-0.1, -0.05) is 6.42 Å². The molecule has 124 valence electrons. The molecule has 0 aromatic heterocycles. The van der Waals surface area contributed by atoms with Crippen LogP contribution in [0.5, 0.6) is 0 Å². The van der Waals surface area contributed by atoms with Crippen molar-refractivity contribution in [2.45, 2.75) is 44.2 Å². The van der Waals surface area contributed by atoms with E-state index in [4.69, 9.17) is 11.5 Å². The Hall–Kier alpha value is -2.15. The third-order valence-corrected chi connectivity index (χ3v) is 5.16. The van der Waals surface area contributed by atoms with Gasteiger partial charge >= 0.3 is 0 Å². The molecule has 2 atom stereocenters. The normalized spacial score (nSPS) is 29.8. The van der Waals surface area contributed by atoms with Gasteiger partial charge in [0.1, 0.15) is 5.69 Å². The number of nitrogens with one attached hydrogen (secondary N) is 1. The fraction of sp³-hybridized carbons (Fsp3) is 0.562. The highest BCUT2D eigenvalue weighted by molar-refractivity contribution is 5.95. The molecule has 5 N–H and O–H groups in total. The predicted octanol–water partition coefficient (Wildman–Crippen LogP) is 1.81. The first-order valence-electron chi connectivity index (χ1n) is 8.06. The Morgan fingerprint density at radius 1 is 1.26 bits per heavy atom. The van der Waals surface area contributed by atoms with Crippen molar-refractivity contribution in [2.75, 3.05) is 5.73 Å². The molecule has 2 fully saturated rings. The lowest BCUT2D eigenvalue weighted by molar-refractivity contribution is -0.383. The Morgan fingerprint density at radius 3 is 2.52 bits per heavy atom. The monoisotopic (exact) mass is 318 g/mol. The standard InChI is InChI=1S/C16H22N4O3/c17-12-6-9-2-1-3-10(7-12)15(9)19-16(21)11-4-5-13(18)14(8-11)20(22)23/h4-5,8-10,12,15H,1-3,6-7,17-18H2,(H,19,21). The van der Waals surface area contributed by atoms with E-state index in [-0.39, 0.29) is 34.9 Å². The number of anilines is 1. The van der Waals surface area contributed by atoms with Crippen LogP contribution in [-0.4, -0.2) is 22.9 Å². The van der Waals surface area contributed by atoms with E-state index >= 15 is 0 Å². The van der Waals surface area contributed by atoms with Gasteiger partial charge in [0, 0.05) is 23.7 Å². The number of carbonyl (C=O) groups is 1. The molecule has 1 amide bonds. The highest BCUT2D eigenvalue weighted by Gasteiger charge is 2.40. The van der Waals surface area contributed by atoms with E-state index in [2.05, 4.69) is 5.32 Å². The van der Waals surface area contributed by atoms with E-state index in [9.17, 15) is 14.9 Å². The van der Waals surface area contributed by atoms with Crippen LogP contribution in [0.4, 0.5) is 11.4 Å². The summed E-state index contributed by atoms with van der Waals surface area (Å²) in [7, 11) is 0. The van der Waals surface area contributed by atoms with Gasteiger partial charge in [0.15, 0.2) is 0 Å². The van der Waals surface area contributed by atoms with Gasteiger partial charge in [-0.2, -0.15) is 0 Å². The summed E-state index contributed by atoms with van der Waals surface area (Å²) in [6, 6.07) is 4.52. The number of nitro benzene ring substituents is 1. The summed E-state index contributed by atoms with van der Waals surface area (Å²) < 4.78 is 0. The van der Waals surface area contributed by atoms with Crippen LogP contribution in [0, 0.1) is 22.0 Å². The molecule has 0 saturated heterocycles. The van der Waals surface area contributed by atoms with Crippen molar-refractivity contribution < 1.29 is 9.72 Å². The molecular weight excluding hydrogens is 296 g/mol. The summed E-state index contributed by atoms with van der Waals surface area (Å²) in [5, 5.41) is 14.0. The van der Waals surface area contributed by atoms with Crippen LogP contribution in [0.15, 0.2) is 18.2 Å². The number of nitrogen functional groups attached to an aromatic ring is 1. The molecule has 0 heterocycles. The number of nitrogens with zero attached hydrogens (tertiary/aromatic N) is 1. The highest BCUT2D eigenvalue weighted by atomic mass is 16.6. The van der Waals surface area contributed by atoms with E-state index < -0.39 is 4.92 Å². The lowest BCUT2D eigenvalue weighted by Gasteiger charge is -2.45. The van der Waals surface area contributed by atoms with Crippen LogP contribution in [0.2, 0.25) is 0 Å². The third kappa shape index (κ3) is 3.14. The Morgan fingerprint density at radius 2 is 1.91 bits per heavy atom. The summed E-state index contributed by atoms with van der Waals surface area (Å²) in [5.41, 5.74) is 11.8. The Labute approximate surface area is 134 Å². The summed E-state index contributed by atoms with van der Waals surface area (Å²) in [6.07, 6.45) is 5.21.